The maximum atomic E-state index is 13.0. The molecule has 0 aliphatic rings. The SMILES string of the molecule is CC(F)COC(=O)c1ccc(OC[C@@H](C)F)cc1C(F)(F)F. The number of ether oxygens (including phenoxy) is 2. The van der Waals surface area contributed by atoms with Gasteiger partial charge in [0.05, 0.1) is 11.1 Å². The fourth-order valence-corrected chi connectivity index (χ4v) is 1.51. The summed E-state index contributed by atoms with van der Waals surface area (Å²) in [5, 5.41) is 0. The van der Waals surface area contributed by atoms with Crippen molar-refractivity contribution >= 4 is 5.97 Å². The Morgan fingerprint density at radius 3 is 2.23 bits per heavy atom. The van der Waals surface area contributed by atoms with E-state index in [-0.39, 0.29) is 5.75 Å². The number of carbonyl (C=O) groups excluding carboxylic acids is 1. The summed E-state index contributed by atoms with van der Waals surface area (Å²) in [5.41, 5.74) is -2.04. The molecule has 0 fully saturated rings. The number of hydrogen-bond donors (Lipinski definition) is 0. The van der Waals surface area contributed by atoms with Gasteiger partial charge < -0.3 is 9.47 Å². The summed E-state index contributed by atoms with van der Waals surface area (Å²) >= 11 is 0. The highest BCUT2D eigenvalue weighted by atomic mass is 19.4. The quantitative estimate of drug-likeness (QED) is 0.586. The van der Waals surface area contributed by atoms with Crippen LogP contribution in [0.5, 0.6) is 5.75 Å². The molecule has 0 aliphatic heterocycles. The predicted octanol–water partition coefficient (Wildman–Crippen LogP) is 3.96. The molecule has 2 atom stereocenters. The van der Waals surface area contributed by atoms with Crippen molar-refractivity contribution in [2.75, 3.05) is 13.2 Å². The van der Waals surface area contributed by atoms with Gasteiger partial charge in [0.15, 0.2) is 0 Å². The van der Waals surface area contributed by atoms with Crippen LogP contribution in [0.2, 0.25) is 0 Å². The van der Waals surface area contributed by atoms with Crippen LogP contribution in [0.25, 0.3) is 0 Å². The lowest BCUT2D eigenvalue weighted by molar-refractivity contribution is -0.138. The summed E-state index contributed by atoms with van der Waals surface area (Å²) in [4.78, 5) is 11.6. The molecule has 0 aromatic heterocycles. The minimum atomic E-state index is -4.84. The van der Waals surface area contributed by atoms with Gasteiger partial charge in [0.25, 0.3) is 0 Å². The molecule has 22 heavy (non-hydrogen) atoms. The first-order valence-corrected chi connectivity index (χ1v) is 6.40. The van der Waals surface area contributed by atoms with Gasteiger partial charge in [-0.15, -0.1) is 0 Å². The van der Waals surface area contributed by atoms with Crippen LogP contribution in [-0.4, -0.2) is 31.5 Å². The minimum Gasteiger partial charge on any atom is -0.491 e. The van der Waals surface area contributed by atoms with E-state index in [4.69, 9.17) is 4.74 Å². The molecule has 124 valence electrons. The fraction of sp³-hybridized carbons (Fsp3) is 0.500. The number of halogens is 5. The van der Waals surface area contributed by atoms with Gasteiger partial charge in [-0.05, 0) is 32.0 Å². The van der Waals surface area contributed by atoms with Gasteiger partial charge in [0.1, 0.15) is 31.3 Å². The minimum absolute atomic E-state index is 0.229. The first kappa shape index (κ1) is 18.2. The molecule has 0 heterocycles. The standard InChI is InChI=1S/C14H15F5O3/c1-8(15)6-21-10-3-4-11(12(5-10)14(17,18)19)13(20)22-7-9(2)16/h3-5,8-9H,6-7H2,1-2H3/t8-,9?/m1/s1. The Hall–Kier alpha value is -1.86. The lowest BCUT2D eigenvalue weighted by atomic mass is 10.1. The Morgan fingerprint density at radius 2 is 1.73 bits per heavy atom. The van der Waals surface area contributed by atoms with Crippen LogP contribution >= 0.6 is 0 Å². The summed E-state index contributed by atoms with van der Waals surface area (Å²) in [6, 6.07) is 2.53. The molecule has 8 heteroatoms. The van der Waals surface area contributed by atoms with Gasteiger partial charge in [-0.3, -0.25) is 0 Å². The van der Waals surface area contributed by atoms with Crippen LogP contribution in [0.4, 0.5) is 22.0 Å². The zero-order valence-corrected chi connectivity index (χ0v) is 11.9. The molecule has 0 saturated heterocycles. The number of carbonyl (C=O) groups is 1. The second kappa shape index (κ2) is 7.42. The summed E-state index contributed by atoms with van der Waals surface area (Å²) in [7, 11) is 0. The van der Waals surface area contributed by atoms with Gasteiger partial charge >= 0.3 is 12.1 Å². The summed E-state index contributed by atoms with van der Waals surface area (Å²) in [6.07, 6.45) is -7.69. The Morgan fingerprint density at radius 1 is 1.14 bits per heavy atom. The molecule has 1 aromatic carbocycles. The van der Waals surface area contributed by atoms with E-state index in [0.717, 1.165) is 19.1 Å². The topological polar surface area (TPSA) is 35.5 Å². The number of benzene rings is 1. The maximum Gasteiger partial charge on any atom is 0.417 e. The Bertz CT molecular complexity index is 512. The average molecular weight is 326 g/mol. The molecule has 0 bridgehead atoms. The van der Waals surface area contributed by atoms with E-state index in [1.807, 2.05) is 0 Å². The largest absolute Gasteiger partial charge is 0.491 e. The van der Waals surface area contributed by atoms with Gasteiger partial charge in [-0.25, -0.2) is 13.6 Å². The molecule has 1 rings (SSSR count). The van der Waals surface area contributed by atoms with Crippen LogP contribution < -0.4 is 4.74 Å². The van der Waals surface area contributed by atoms with Crippen molar-refractivity contribution < 1.29 is 36.2 Å². The van der Waals surface area contributed by atoms with E-state index in [0.29, 0.717) is 6.07 Å². The molecular weight excluding hydrogens is 311 g/mol. The van der Waals surface area contributed by atoms with Crippen molar-refractivity contribution in [2.24, 2.45) is 0 Å². The molecule has 0 amide bonds. The lowest BCUT2D eigenvalue weighted by Gasteiger charge is -2.15. The number of alkyl halides is 5. The van der Waals surface area contributed by atoms with E-state index in [1.165, 1.54) is 6.92 Å². The summed E-state index contributed by atoms with van der Waals surface area (Å²) < 4.78 is 73.5. The third-order valence-corrected chi connectivity index (χ3v) is 2.44. The van der Waals surface area contributed by atoms with Crippen molar-refractivity contribution in [3.63, 3.8) is 0 Å². The first-order valence-electron chi connectivity index (χ1n) is 6.40. The van der Waals surface area contributed by atoms with E-state index >= 15 is 0 Å². The Labute approximate surface area is 124 Å². The van der Waals surface area contributed by atoms with Crippen LogP contribution in [0, 0.1) is 0 Å². The van der Waals surface area contributed by atoms with Crippen LogP contribution in [0.3, 0.4) is 0 Å². The van der Waals surface area contributed by atoms with E-state index in [1.54, 1.807) is 0 Å². The third kappa shape index (κ3) is 5.50. The van der Waals surface area contributed by atoms with Crippen LogP contribution in [0.15, 0.2) is 18.2 Å². The maximum absolute atomic E-state index is 13.0. The number of rotatable bonds is 6. The molecule has 1 aromatic rings. The van der Waals surface area contributed by atoms with Gasteiger partial charge in [0.2, 0.25) is 0 Å². The van der Waals surface area contributed by atoms with E-state index < -0.39 is 48.8 Å². The highest BCUT2D eigenvalue weighted by Gasteiger charge is 2.36. The smallest absolute Gasteiger partial charge is 0.417 e. The van der Waals surface area contributed by atoms with Crippen molar-refractivity contribution in [3.05, 3.63) is 29.3 Å². The van der Waals surface area contributed by atoms with Gasteiger partial charge in [0, 0.05) is 0 Å². The number of esters is 1. The fourth-order valence-electron chi connectivity index (χ4n) is 1.51. The lowest BCUT2D eigenvalue weighted by Crippen LogP contribution is -2.18. The van der Waals surface area contributed by atoms with Crippen molar-refractivity contribution in [1.82, 2.24) is 0 Å². The first-order chi connectivity index (χ1) is 10.1. The molecule has 0 spiro atoms. The van der Waals surface area contributed by atoms with E-state index in [9.17, 15) is 26.7 Å². The Kier molecular flexibility index (Phi) is 6.13. The second-order valence-corrected chi connectivity index (χ2v) is 4.68. The van der Waals surface area contributed by atoms with Crippen LogP contribution in [0.1, 0.15) is 29.8 Å². The van der Waals surface area contributed by atoms with Crippen molar-refractivity contribution in [3.8, 4) is 5.75 Å². The highest BCUT2D eigenvalue weighted by Crippen LogP contribution is 2.35. The van der Waals surface area contributed by atoms with Crippen molar-refractivity contribution in [2.45, 2.75) is 32.4 Å². The zero-order valence-electron chi connectivity index (χ0n) is 11.9. The molecule has 3 nitrogen and oxygen atoms in total. The molecular formula is C14H15F5O3. The third-order valence-electron chi connectivity index (χ3n) is 2.44. The molecule has 0 radical (unpaired) electrons. The zero-order chi connectivity index (χ0) is 16.9. The number of hydrogen-bond acceptors (Lipinski definition) is 3. The van der Waals surface area contributed by atoms with Gasteiger partial charge in [-0.1, -0.05) is 0 Å². The van der Waals surface area contributed by atoms with E-state index in [2.05, 4.69) is 4.74 Å². The normalized spacial score (nSPS) is 14.3. The predicted molar refractivity (Wildman–Crippen MR) is 68.4 cm³/mol. The highest BCUT2D eigenvalue weighted by molar-refractivity contribution is 5.91. The van der Waals surface area contributed by atoms with Crippen molar-refractivity contribution in [1.29, 1.82) is 0 Å². The monoisotopic (exact) mass is 326 g/mol. The summed E-state index contributed by atoms with van der Waals surface area (Å²) in [6.45, 7) is 1.23. The summed E-state index contributed by atoms with van der Waals surface area (Å²) in [5.74, 6) is -1.52. The molecule has 0 aliphatic carbocycles. The second-order valence-electron chi connectivity index (χ2n) is 4.68. The molecule has 1 unspecified atom stereocenters. The molecule has 0 saturated carbocycles. The van der Waals surface area contributed by atoms with Gasteiger partial charge in [-0.2, -0.15) is 13.2 Å². The van der Waals surface area contributed by atoms with Crippen LogP contribution in [-0.2, 0) is 10.9 Å². The Balaban J connectivity index is 3.04. The molecule has 0 N–H and O–H groups in total. The average Bonchev–Trinajstić information content (AvgIpc) is 2.41.